The van der Waals surface area contributed by atoms with Crippen LogP contribution < -0.4 is 4.90 Å². The number of benzene rings is 2. The number of nitro groups is 1. The fourth-order valence-electron chi connectivity index (χ4n) is 5.43. The first-order valence-corrected chi connectivity index (χ1v) is 11.3. The Labute approximate surface area is 186 Å². The van der Waals surface area contributed by atoms with Crippen molar-refractivity contribution in [2.24, 2.45) is 5.92 Å². The summed E-state index contributed by atoms with van der Waals surface area (Å²) >= 11 is 0. The molecule has 2 aromatic rings. The van der Waals surface area contributed by atoms with Crippen LogP contribution in [0, 0.1) is 21.8 Å². The Morgan fingerprint density at radius 2 is 1.81 bits per heavy atom. The van der Waals surface area contributed by atoms with Crippen LogP contribution in [0.3, 0.4) is 0 Å². The van der Waals surface area contributed by atoms with E-state index in [9.17, 15) is 19.3 Å². The number of carbonyl (C=O) groups excluding carboxylic acids is 1. The molecule has 5 rings (SSSR count). The van der Waals surface area contributed by atoms with Gasteiger partial charge in [0.2, 0.25) is 5.91 Å². The minimum atomic E-state index is -0.371. The number of anilines is 1. The van der Waals surface area contributed by atoms with Gasteiger partial charge in [0.15, 0.2) is 0 Å². The number of amides is 1. The van der Waals surface area contributed by atoms with Gasteiger partial charge in [0.1, 0.15) is 5.82 Å². The minimum Gasteiger partial charge on any atom is -0.365 e. The molecule has 2 aromatic carbocycles. The molecular formula is C24H27FN4O3. The Morgan fingerprint density at radius 3 is 2.53 bits per heavy atom. The number of hydrogen-bond acceptors (Lipinski definition) is 5. The summed E-state index contributed by atoms with van der Waals surface area (Å²) in [6, 6.07) is 11.6. The molecule has 168 valence electrons. The smallest absolute Gasteiger partial charge is 0.269 e. The number of fused-ring (bicyclic) bond motifs is 3. The van der Waals surface area contributed by atoms with E-state index in [-0.39, 0.29) is 34.3 Å². The molecule has 8 heteroatoms. The number of nitro benzene ring substituents is 1. The number of hydrogen-bond donors (Lipinski definition) is 0. The number of nitrogens with zero attached hydrogens (tertiary/aromatic N) is 4. The van der Waals surface area contributed by atoms with Crippen LogP contribution in [0.4, 0.5) is 15.8 Å². The van der Waals surface area contributed by atoms with Gasteiger partial charge in [-0.05, 0) is 48.6 Å². The van der Waals surface area contributed by atoms with Gasteiger partial charge in [-0.1, -0.05) is 12.1 Å². The summed E-state index contributed by atoms with van der Waals surface area (Å²) in [5.74, 6) is -0.301. The second-order valence-corrected chi connectivity index (χ2v) is 9.04. The van der Waals surface area contributed by atoms with E-state index in [0.29, 0.717) is 13.0 Å². The van der Waals surface area contributed by atoms with Gasteiger partial charge >= 0.3 is 0 Å². The molecule has 0 bridgehead atoms. The number of piperazine rings is 1. The van der Waals surface area contributed by atoms with Gasteiger partial charge in [-0.3, -0.25) is 19.8 Å². The van der Waals surface area contributed by atoms with Gasteiger partial charge in [0, 0.05) is 57.1 Å². The predicted molar refractivity (Wildman–Crippen MR) is 119 cm³/mol. The number of rotatable bonds is 4. The highest BCUT2D eigenvalue weighted by Crippen LogP contribution is 2.39. The molecule has 0 spiro atoms. The summed E-state index contributed by atoms with van der Waals surface area (Å²) < 4.78 is 13.3. The highest BCUT2D eigenvalue weighted by molar-refractivity contribution is 5.82. The van der Waals surface area contributed by atoms with Gasteiger partial charge in [-0.2, -0.15) is 0 Å². The molecule has 0 aliphatic carbocycles. The zero-order valence-corrected chi connectivity index (χ0v) is 18.0. The van der Waals surface area contributed by atoms with Gasteiger partial charge < -0.3 is 9.80 Å². The Kier molecular flexibility index (Phi) is 5.55. The van der Waals surface area contributed by atoms with Crippen molar-refractivity contribution in [3.05, 3.63) is 69.5 Å². The monoisotopic (exact) mass is 438 g/mol. The highest BCUT2D eigenvalue weighted by Gasteiger charge is 2.43. The quantitative estimate of drug-likeness (QED) is 0.542. The Morgan fingerprint density at radius 1 is 1.06 bits per heavy atom. The van der Waals surface area contributed by atoms with E-state index in [0.717, 1.165) is 62.4 Å². The summed E-state index contributed by atoms with van der Waals surface area (Å²) in [6.45, 7) is 4.60. The Bertz CT molecular complexity index is 1020. The molecule has 2 atom stereocenters. The minimum absolute atomic E-state index is 0.0197. The van der Waals surface area contributed by atoms with E-state index in [4.69, 9.17) is 0 Å². The third-order valence-corrected chi connectivity index (χ3v) is 7.04. The van der Waals surface area contributed by atoms with Crippen LogP contribution in [0.5, 0.6) is 0 Å². The fourth-order valence-corrected chi connectivity index (χ4v) is 5.43. The molecule has 3 aliphatic heterocycles. The fraction of sp³-hybridized carbons (Fsp3) is 0.458. The van der Waals surface area contributed by atoms with Crippen LogP contribution in [-0.4, -0.2) is 59.4 Å². The number of non-ortho nitro benzene ring substituents is 1. The molecule has 0 aromatic heterocycles. The van der Waals surface area contributed by atoms with Crippen molar-refractivity contribution in [1.29, 1.82) is 0 Å². The number of halogens is 1. The van der Waals surface area contributed by atoms with Gasteiger partial charge in [-0.25, -0.2) is 4.39 Å². The molecule has 3 heterocycles. The lowest BCUT2D eigenvalue weighted by Gasteiger charge is -2.49. The third kappa shape index (κ3) is 3.95. The van der Waals surface area contributed by atoms with Crippen molar-refractivity contribution in [1.82, 2.24) is 9.80 Å². The maximum absolute atomic E-state index is 13.5. The van der Waals surface area contributed by atoms with Crippen molar-refractivity contribution in [3.63, 3.8) is 0 Å². The lowest BCUT2D eigenvalue weighted by atomic mass is 9.82. The van der Waals surface area contributed by atoms with E-state index in [2.05, 4.69) is 9.80 Å². The number of carbonyl (C=O) groups is 1. The molecule has 3 aliphatic rings. The van der Waals surface area contributed by atoms with Crippen LogP contribution in [-0.2, 0) is 17.8 Å². The first-order chi connectivity index (χ1) is 15.5. The first kappa shape index (κ1) is 20.9. The largest absolute Gasteiger partial charge is 0.365 e. The van der Waals surface area contributed by atoms with Crippen molar-refractivity contribution < 1.29 is 14.1 Å². The van der Waals surface area contributed by atoms with E-state index in [1.807, 2.05) is 23.1 Å². The highest BCUT2D eigenvalue weighted by atomic mass is 19.1. The molecular weight excluding hydrogens is 411 g/mol. The topological polar surface area (TPSA) is 69.9 Å². The van der Waals surface area contributed by atoms with Crippen molar-refractivity contribution >= 4 is 17.3 Å². The zero-order valence-electron chi connectivity index (χ0n) is 18.0. The van der Waals surface area contributed by atoms with Gasteiger partial charge in [-0.15, -0.1) is 0 Å². The zero-order chi connectivity index (χ0) is 22.2. The van der Waals surface area contributed by atoms with E-state index < -0.39 is 0 Å². The SMILES string of the molecule is O=C(C1Cc2cc([N+](=O)[O-])ccc2N2CCN(Cc3ccc(F)cc3)CC12)N1CCCC1. The summed E-state index contributed by atoms with van der Waals surface area (Å²) in [4.78, 5) is 31.0. The molecule has 0 N–H and O–H groups in total. The third-order valence-electron chi connectivity index (χ3n) is 7.04. The second-order valence-electron chi connectivity index (χ2n) is 9.04. The van der Waals surface area contributed by atoms with Crippen LogP contribution in [0.2, 0.25) is 0 Å². The predicted octanol–water partition coefficient (Wildman–Crippen LogP) is 3.22. The van der Waals surface area contributed by atoms with E-state index in [1.54, 1.807) is 12.1 Å². The van der Waals surface area contributed by atoms with E-state index in [1.165, 1.54) is 12.1 Å². The average Bonchev–Trinajstić information content (AvgIpc) is 3.34. The Hall–Kier alpha value is -3.00. The van der Waals surface area contributed by atoms with Crippen molar-refractivity contribution in [2.75, 3.05) is 37.6 Å². The summed E-state index contributed by atoms with van der Waals surface area (Å²) in [7, 11) is 0. The summed E-state index contributed by atoms with van der Waals surface area (Å²) in [6.07, 6.45) is 2.59. The molecule has 2 unspecified atom stereocenters. The average molecular weight is 439 g/mol. The standard InChI is InChI=1S/C24H27FN4O3/c25-19-5-3-17(4-6-19)15-26-11-12-28-22-8-7-20(29(31)32)13-18(22)14-21(23(28)16-26)24(30)27-9-1-2-10-27/h3-8,13,21,23H,1-2,9-12,14-16H2. The van der Waals surface area contributed by atoms with Crippen LogP contribution in [0.15, 0.2) is 42.5 Å². The van der Waals surface area contributed by atoms with Crippen molar-refractivity contribution in [2.45, 2.75) is 31.8 Å². The lowest BCUT2D eigenvalue weighted by Crippen LogP contribution is -2.61. The molecule has 7 nitrogen and oxygen atoms in total. The molecule has 1 amide bonds. The Balaban J connectivity index is 1.43. The molecule has 2 saturated heterocycles. The van der Waals surface area contributed by atoms with Gasteiger partial charge in [0.05, 0.1) is 16.9 Å². The first-order valence-electron chi connectivity index (χ1n) is 11.3. The molecule has 2 fully saturated rings. The molecule has 32 heavy (non-hydrogen) atoms. The molecule has 0 saturated carbocycles. The van der Waals surface area contributed by atoms with Gasteiger partial charge in [0.25, 0.3) is 5.69 Å². The number of likely N-dealkylation sites (tertiary alicyclic amines) is 1. The van der Waals surface area contributed by atoms with Crippen LogP contribution in [0.25, 0.3) is 0 Å². The maximum atomic E-state index is 13.5. The lowest BCUT2D eigenvalue weighted by molar-refractivity contribution is -0.384. The summed E-state index contributed by atoms with van der Waals surface area (Å²) in [5.41, 5.74) is 3.02. The van der Waals surface area contributed by atoms with Crippen LogP contribution >= 0.6 is 0 Å². The maximum Gasteiger partial charge on any atom is 0.269 e. The van der Waals surface area contributed by atoms with Crippen molar-refractivity contribution in [3.8, 4) is 0 Å². The second kappa shape index (κ2) is 8.50. The van der Waals surface area contributed by atoms with E-state index >= 15 is 0 Å². The van der Waals surface area contributed by atoms with Crippen LogP contribution in [0.1, 0.15) is 24.0 Å². The molecule has 0 radical (unpaired) electrons. The normalized spacial score (nSPS) is 23.0. The summed E-state index contributed by atoms with van der Waals surface area (Å²) in [5, 5.41) is 11.3.